The molecule has 6 rings (SSSR count). The molecule has 11 heteroatoms. The van der Waals surface area contributed by atoms with Gasteiger partial charge in [-0.1, -0.05) is 12.1 Å². The average Bonchev–Trinajstić information content (AvgIpc) is 3.57. The standard InChI is InChI=1S/C24H19FN10/c1-33-14-18(12-27-33)29-24-26-8-6-20(30-24)15-7-9-35-21(11-15)31-32-23(35)19-13-28-34(2)22(19)16-4-3-5-17(25)10-16/h3-14H,1-2H3,(H,26,29,30). The molecule has 0 radical (unpaired) electrons. The maximum absolute atomic E-state index is 13.9. The zero-order valence-corrected chi connectivity index (χ0v) is 18.8. The van der Waals surface area contributed by atoms with Crippen LogP contribution in [0, 0.1) is 5.82 Å². The molecule has 0 saturated heterocycles. The number of aromatic nitrogens is 9. The van der Waals surface area contributed by atoms with Crippen LogP contribution in [-0.4, -0.2) is 44.1 Å². The third-order valence-electron chi connectivity index (χ3n) is 5.60. The highest BCUT2D eigenvalue weighted by Gasteiger charge is 2.19. The fraction of sp³-hybridized carbons (Fsp3) is 0.0833. The SMILES string of the molecule is Cn1cc(Nc2nccc(-c3ccn4c(-c5cnn(C)c5-c5cccc(F)c5)nnc4c3)n2)cn1. The number of fused-ring (bicyclic) bond motifs is 1. The van der Waals surface area contributed by atoms with Crippen molar-refractivity contribution in [3.63, 3.8) is 0 Å². The Labute approximate surface area is 198 Å². The highest BCUT2D eigenvalue weighted by Crippen LogP contribution is 2.32. The molecule has 0 unspecified atom stereocenters. The van der Waals surface area contributed by atoms with Gasteiger partial charge in [-0.2, -0.15) is 10.2 Å². The van der Waals surface area contributed by atoms with Crippen molar-refractivity contribution < 1.29 is 4.39 Å². The molecule has 5 aromatic heterocycles. The molecular weight excluding hydrogens is 447 g/mol. The van der Waals surface area contributed by atoms with E-state index >= 15 is 0 Å². The van der Waals surface area contributed by atoms with E-state index in [2.05, 4.69) is 35.7 Å². The number of pyridine rings is 1. The van der Waals surface area contributed by atoms with Crippen molar-refractivity contribution >= 4 is 17.3 Å². The molecule has 5 heterocycles. The molecule has 1 aromatic carbocycles. The summed E-state index contributed by atoms with van der Waals surface area (Å²) in [5.41, 5.74) is 5.26. The summed E-state index contributed by atoms with van der Waals surface area (Å²) in [5.74, 6) is 0.765. The second kappa shape index (κ2) is 8.13. The maximum atomic E-state index is 13.9. The van der Waals surface area contributed by atoms with Gasteiger partial charge in [0.25, 0.3) is 0 Å². The molecule has 0 atom stereocenters. The topological polar surface area (TPSA) is 104 Å². The molecule has 10 nitrogen and oxygen atoms in total. The van der Waals surface area contributed by atoms with Crippen molar-refractivity contribution in [2.75, 3.05) is 5.32 Å². The van der Waals surface area contributed by atoms with E-state index in [1.807, 2.05) is 55.2 Å². The first-order chi connectivity index (χ1) is 17.0. The van der Waals surface area contributed by atoms with Gasteiger partial charge in [0.15, 0.2) is 11.5 Å². The molecule has 172 valence electrons. The van der Waals surface area contributed by atoms with E-state index in [-0.39, 0.29) is 5.82 Å². The molecule has 0 amide bonds. The van der Waals surface area contributed by atoms with E-state index < -0.39 is 0 Å². The van der Waals surface area contributed by atoms with Crippen molar-refractivity contribution in [1.29, 1.82) is 0 Å². The fourth-order valence-corrected chi connectivity index (χ4v) is 4.01. The van der Waals surface area contributed by atoms with E-state index in [1.54, 1.807) is 34.0 Å². The van der Waals surface area contributed by atoms with Gasteiger partial charge in [0.1, 0.15) is 5.82 Å². The second-order valence-electron chi connectivity index (χ2n) is 8.00. The lowest BCUT2D eigenvalue weighted by molar-refractivity contribution is 0.628. The van der Waals surface area contributed by atoms with Gasteiger partial charge in [0.05, 0.1) is 35.0 Å². The number of benzene rings is 1. The first kappa shape index (κ1) is 20.7. The van der Waals surface area contributed by atoms with Crippen molar-refractivity contribution in [3.8, 4) is 33.9 Å². The van der Waals surface area contributed by atoms with Gasteiger partial charge >= 0.3 is 0 Å². The number of halogens is 1. The van der Waals surface area contributed by atoms with Crippen LogP contribution < -0.4 is 5.32 Å². The van der Waals surface area contributed by atoms with E-state index in [0.29, 0.717) is 23.0 Å². The van der Waals surface area contributed by atoms with E-state index in [9.17, 15) is 4.39 Å². The zero-order chi connectivity index (χ0) is 23.9. The van der Waals surface area contributed by atoms with Crippen LogP contribution in [0.3, 0.4) is 0 Å². The van der Waals surface area contributed by atoms with Crippen LogP contribution in [0.4, 0.5) is 16.0 Å². The summed E-state index contributed by atoms with van der Waals surface area (Å²) in [6.07, 6.45) is 8.85. The fourth-order valence-electron chi connectivity index (χ4n) is 4.01. The van der Waals surface area contributed by atoms with Crippen molar-refractivity contribution in [3.05, 3.63) is 79.3 Å². The Kier molecular flexibility index (Phi) is 4.80. The Bertz CT molecular complexity index is 1680. The van der Waals surface area contributed by atoms with Crippen LogP contribution in [0.5, 0.6) is 0 Å². The van der Waals surface area contributed by atoms with Crippen LogP contribution in [0.1, 0.15) is 0 Å². The predicted molar refractivity (Wildman–Crippen MR) is 128 cm³/mol. The summed E-state index contributed by atoms with van der Waals surface area (Å²) in [5, 5.41) is 20.4. The molecule has 0 aliphatic carbocycles. The van der Waals surface area contributed by atoms with E-state index in [0.717, 1.165) is 28.2 Å². The number of anilines is 2. The number of nitrogens with zero attached hydrogens (tertiary/aromatic N) is 9. The number of rotatable bonds is 5. The molecule has 1 N–H and O–H groups in total. The van der Waals surface area contributed by atoms with Gasteiger partial charge in [0.2, 0.25) is 5.95 Å². The van der Waals surface area contributed by atoms with Gasteiger partial charge in [-0.25, -0.2) is 14.4 Å². The number of nitrogens with one attached hydrogen (secondary N) is 1. The van der Waals surface area contributed by atoms with Crippen LogP contribution in [-0.2, 0) is 14.1 Å². The minimum absolute atomic E-state index is 0.312. The Hall–Kier alpha value is -4.93. The Morgan fingerprint density at radius 1 is 0.943 bits per heavy atom. The van der Waals surface area contributed by atoms with E-state index in [4.69, 9.17) is 0 Å². The van der Waals surface area contributed by atoms with Gasteiger partial charge in [-0.05, 0) is 30.3 Å². The lowest BCUT2D eigenvalue weighted by atomic mass is 10.1. The molecule has 6 aromatic rings. The molecule has 0 bridgehead atoms. The number of aryl methyl sites for hydroxylation is 2. The second-order valence-corrected chi connectivity index (χ2v) is 8.00. The van der Waals surface area contributed by atoms with Crippen LogP contribution >= 0.6 is 0 Å². The lowest BCUT2D eigenvalue weighted by Crippen LogP contribution is -1.98. The first-order valence-corrected chi connectivity index (χ1v) is 10.8. The molecule has 0 spiro atoms. The molecule has 0 fully saturated rings. The summed E-state index contributed by atoms with van der Waals surface area (Å²) >= 11 is 0. The largest absolute Gasteiger partial charge is 0.321 e. The van der Waals surface area contributed by atoms with Crippen molar-refractivity contribution in [2.24, 2.45) is 14.1 Å². The number of hydrogen-bond donors (Lipinski definition) is 1. The van der Waals surface area contributed by atoms with Gasteiger partial charge in [-0.3, -0.25) is 13.8 Å². The summed E-state index contributed by atoms with van der Waals surface area (Å²) in [7, 11) is 3.66. The molecular formula is C24H19FN10. The zero-order valence-electron chi connectivity index (χ0n) is 18.8. The Balaban J connectivity index is 1.37. The Morgan fingerprint density at radius 2 is 1.86 bits per heavy atom. The minimum atomic E-state index is -0.312. The normalized spacial score (nSPS) is 11.3. The van der Waals surface area contributed by atoms with Crippen molar-refractivity contribution in [1.82, 2.24) is 44.1 Å². The summed E-state index contributed by atoms with van der Waals surface area (Å²) in [6.45, 7) is 0. The van der Waals surface area contributed by atoms with Crippen LogP contribution in [0.15, 0.2) is 73.4 Å². The molecule has 0 saturated carbocycles. The third-order valence-corrected chi connectivity index (χ3v) is 5.60. The summed E-state index contributed by atoms with van der Waals surface area (Å²) in [6, 6.07) is 12.1. The van der Waals surface area contributed by atoms with E-state index in [1.165, 1.54) is 12.1 Å². The molecule has 0 aliphatic heterocycles. The van der Waals surface area contributed by atoms with Crippen LogP contribution in [0.25, 0.3) is 39.5 Å². The predicted octanol–water partition coefficient (Wildman–Crippen LogP) is 3.87. The van der Waals surface area contributed by atoms with Crippen LogP contribution in [0.2, 0.25) is 0 Å². The monoisotopic (exact) mass is 466 g/mol. The number of hydrogen-bond acceptors (Lipinski definition) is 7. The van der Waals surface area contributed by atoms with Gasteiger partial charge < -0.3 is 5.32 Å². The molecule has 0 aliphatic rings. The van der Waals surface area contributed by atoms with Gasteiger partial charge in [0, 0.05) is 43.8 Å². The van der Waals surface area contributed by atoms with Gasteiger partial charge in [-0.15, -0.1) is 10.2 Å². The Morgan fingerprint density at radius 3 is 2.69 bits per heavy atom. The highest BCUT2D eigenvalue weighted by molar-refractivity contribution is 5.79. The minimum Gasteiger partial charge on any atom is -0.321 e. The lowest BCUT2D eigenvalue weighted by Gasteiger charge is -2.07. The molecule has 35 heavy (non-hydrogen) atoms. The smallest absolute Gasteiger partial charge is 0.227 e. The van der Waals surface area contributed by atoms with Crippen molar-refractivity contribution in [2.45, 2.75) is 0 Å². The maximum Gasteiger partial charge on any atom is 0.227 e. The summed E-state index contributed by atoms with van der Waals surface area (Å²) < 4.78 is 19.2. The first-order valence-electron chi connectivity index (χ1n) is 10.8. The quantitative estimate of drug-likeness (QED) is 0.411. The highest BCUT2D eigenvalue weighted by atomic mass is 19.1. The average molecular weight is 466 g/mol. The summed E-state index contributed by atoms with van der Waals surface area (Å²) in [4.78, 5) is 8.91. The third kappa shape index (κ3) is 3.78.